The van der Waals surface area contributed by atoms with Gasteiger partial charge in [-0.1, -0.05) is 12.1 Å². The van der Waals surface area contributed by atoms with Crippen LogP contribution in [0.25, 0.3) is 10.4 Å². The smallest absolute Gasteiger partial charge is 0.308 e. The first-order valence-electron chi connectivity index (χ1n) is 7.37. The van der Waals surface area contributed by atoms with E-state index in [-0.39, 0.29) is 17.8 Å². The molecule has 2 unspecified atom stereocenters. The standard InChI is InChI=1S/C17H16FNO3S/c1-10-13(17(21)22)8-9-19(10)16(20)15-7-6-14(23-15)11-2-4-12(18)5-3-11/h2-7,10,13H,8-9H2,1H3,(H,21,22). The zero-order chi connectivity index (χ0) is 16.6. The number of rotatable bonds is 3. The van der Waals surface area contributed by atoms with Gasteiger partial charge in [0.1, 0.15) is 5.82 Å². The summed E-state index contributed by atoms with van der Waals surface area (Å²) in [6, 6.07) is 9.39. The molecular formula is C17H16FNO3S. The number of thiophene rings is 1. The molecule has 0 spiro atoms. The number of carboxylic acids is 1. The van der Waals surface area contributed by atoms with Crippen LogP contribution in [0.2, 0.25) is 0 Å². The van der Waals surface area contributed by atoms with Gasteiger partial charge in [-0.25, -0.2) is 4.39 Å². The summed E-state index contributed by atoms with van der Waals surface area (Å²) in [5, 5.41) is 9.16. The van der Waals surface area contributed by atoms with Crippen LogP contribution in [0.5, 0.6) is 0 Å². The van der Waals surface area contributed by atoms with Gasteiger partial charge in [0.25, 0.3) is 5.91 Å². The number of carbonyl (C=O) groups is 2. The van der Waals surface area contributed by atoms with Crippen LogP contribution in [-0.2, 0) is 4.79 Å². The van der Waals surface area contributed by atoms with E-state index in [0.29, 0.717) is 17.8 Å². The number of carbonyl (C=O) groups excluding carboxylic acids is 1. The van der Waals surface area contributed by atoms with Crippen molar-refractivity contribution in [1.82, 2.24) is 4.90 Å². The van der Waals surface area contributed by atoms with Gasteiger partial charge < -0.3 is 10.0 Å². The molecule has 0 radical (unpaired) electrons. The lowest BCUT2D eigenvalue weighted by Crippen LogP contribution is -2.37. The number of amides is 1. The Morgan fingerprint density at radius 3 is 2.52 bits per heavy atom. The number of carboxylic acid groups (broad SMARTS) is 1. The van der Waals surface area contributed by atoms with Crippen molar-refractivity contribution in [3.05, 3.63) is 47.1 Å². The Morgan fingerprint density at radius 1 is 1.22 bits per heavy atom. The Morgan fingerprint density at radius 2 is 1.91 bits per heavy atom. The molecule has 1 fully saturated rings. The summed E-state index contributed by atoms with van der Waals surface area (Å²) in [7, 11) is 0. The molecule has 2 atom stereocenters. The maximum atomic E-state index is 13.0. The molecule has 1 N–H and O–H groups in total. The second-order valence-corrected chi connectivity index (χ2v) is 6.73. The first kappa shape index (κ1) is 15.7. The van der Waals surface area contributed by atoms with Crippen LogP contribution in [0.3, 0.4) is 0 Å². The highest BCUT2D eigenvalue weighted by Crippen LogP contribution is 2.32. The van der Waals surface area contributed by atoms with Crippen molar-refractivity contribution in [2.75, 3.05) is 6.54 Å². The highest BCUT2D eigenvalue weighted by atomic mass is 32.1. The van der Waals surface area contributed by atoms with Crippen LogP contribution in [0.4, 0.5) is 4.39 Å². The van der Waals surface area contributed by atoms with Crippen molar-refractivity contribution < 1.29 is 19.1 Å². The molecule has 23 heavy (non-hydrogen) atoms. The van der Waals surface area contributed by atoms with E-state index in [2.05, 4.69) is 0 Å². The minimum absolute atomic E-state index is 0.139. The van der Waals surface area contributed by atoms with Crippen LogP contribution in [0.1, 0.15) is 23.0 Å². The number of hydrogen-bond donors (Lipinski definition) is 1. The second kappa shape index (κ2) is 6.12. The molecule has 2 aromatic rings. The van der Waals surface area contributed by atoms with E-state index < -0.39 is 11.9 Å². The second-order valence-electron chi connectivity index (χ2n) is 5.64. The zero-order valence-electron chi connectivity index (χ0n) is 12.5. The minimum Gasteiger partial charge on any atom is -0.481 e. The fourth-order valence-corrected chi connectivity index (χ4v) is 3.89. The van der Waals surface area contributed by atoms with E-state index in [1.165, 1.54) is 23.5 Å². The monoisotopic (exact) mass is 333 g/mol. The average molecular weight is 333 g/mol. The zero-order valence-corrected chi connectivity index (χ0v) is 13.3. The molecule has 0 saturated carbocycles. The van der Waals surface area contributed by atoms with Gasteiger partial charge in [0.05, 0.1) is 10.8 Å². The van der Waals surface area contributed by atoms with Crippen molar-refractivity contribution in [3.63, 3.8) is 0 Å². The quantitative estimate of drug-likeness (QED) is 0.935. The maximum absolute atomic E-state index is 13.0. The largest absolute Gasteiger partial charge is 0.481 e. The van der Waals surface area contributed by atoms with Crippen molar-refractivity contribution in [1.29, 1.82) is 0 Å². The van der Waals surface area contributed by atoms with Crippen LogP contribution in [0, 0.1) is 11.7 Å². The molecule has 1 aromatic carbocycles. The first-order valence-corrected chi connectivity index (χ1v) is 8.18. The van der Waals surface area contributed by atoms with Gasteiger partial charge in [0, 0.05) is 17.5 Å². The van der Waals surface area contributed by atoms with E-state index in [9.17, 15) is 14.0 Å². The molecule has 0 bridgehead atoms. The molecule has 1 aliphatic rings. The highest BCUT2D eigenvalue weighted by molar-refractivity contribution is 7.17. The average Bonchev–Trinajstić information content (AvgIpc) is 3.14. The van der Waals surface area contributed by atoms with Gasteiger partial charge in [-0.15, -0.1) is 11.3 Å². The fourth-order valence-electron chi connectivity index (χ4n) is 2.92. The summed E-state index contributed by atoms with van der Waals surface area (Å²) in [5.41, 5.74) is 0.855. The predicted molar refractivity (Wildman–Crippen MR) is 86.0 cm³/mol. The van der Waals surface area contributed by atoms with E-state index >= 15 is 0 Å². The Kier molecular flexibility index (Phi) is 4.17. The number of likely N-dealkylation sites (tertiary alicyclic amines) is 1. The summed E-state index contributed by atoms with van der Waals surface area (Å²) < 4.78 is 13.0. The van der Waals surface area contributed by atoms with E-state index in [4.69, 9.17) is 5.11 Å². The van der Waals surface area contributed by atoms with E-state index in [0.717, 1.165) is 10.4 Å². The predicted octanol–water partition coefficient (Wildman–Crippen LogP) is 3.49. The number of benzene rings is 1. The SMILES string of the molecule is CC1C(C(=O)O)CCN1C(=O)c1ccc(-c2ccc(F)cc2)s1. The van der Waals surface area contributed by atoms with Crippen LogP contribution in [0.15, 0.2) is 36.4 Å². The van der Waals surface area contributed by atoms with Crippen LogP contribution in [-0.4, -0.2) is 34.5 Å². The van der Waals surface area contributed by atoms with Crippen molar-refractivity contribution in [2.45, 2.75) is 19.4 Å². The lowest BCUT2D eigenvalue weighted by Gasteiger charge is -2.22. The minimum atomic E-state index is -0.856. The van der Waals surface area contributed by atoms with Gasteiger partial charge in [-0.05, 0) is 43.2 Å². The van der Waals surface area contributed by atoms with Gasteiger partial charge in [-0.3, -0.25) is 9.59 Å². The van der Waals surface area contributed by atoms with Crippen molar-refractivity contribution in [3.8, 4) is 10.4 Å². The van der Waals surface area contributed by atoms with Crippen molar-refractivity contribution >= 4 is 23.2 Å². The third-order valence-electron chi connectivity index (χ3n) is 4.28. The molecule has 3 rings (SSSR count). The summed E-state index contributed by atoms with van der Waals surface area (Å²) >= 11 is 1.34. The summed E-state index contributed by atoms with van der Waals surface area (Å²) in [4.78, 5) is 26.9. The van der Waals surface area contributed by atoms with Gasteiger partial charge in [-0.2, -0.15) is 0 Å². The molecule has 4 nitrogen and oxygen atoms in total. The lowest BCUT2D eigenvalue weighted by molar-refractivity contribution is -0.142. The lowest BCUT2D eigenvalue weighted by atomic mass is 10.0. The number of aliphatic carboxylic acids is 1. The third-order valence-corrected chi connectivity index (χ3v) is 5.40. The number of nitrogens with zero attached hydrogens (tertiary/aromatic N) is 1. The molecule has 1 aliphatic heterocycles. The molecule has 120 valence electrons. The summed E-state index contributed by atoms with van der Waals surface area (Å²) in [6.45, 7) is 2.24. The summed E-state index contributed by atoms with van der Waals surface area (Å²) in [6.07, 6.45) is 0.485. The van der Waals surface area contributed by atoms with Gasteiger partial charge in [0.15, 0.2) is 0 Å². The number of halogens is 1. The molecule has 0 aliphatic carbocycles. The molecule has 2 heterocycles. The Labute approximate surface area is 137 Å². The first-order chi connectivity index (χ1) is 11.0. The topological polar surface area (TPSA) is 57.6 Å². The van der Waals surface area contributed by atoms with Gasteiger partial charge >= 0.3 is 5.97 Å². The normalized spacial score (nSPS) is 20.7. The highest BCUT2D eigenvalue weighted by Gasteiger charge is 2.38. The van der Waals surface area contributed by atoms with Gasteiger partial charge in [0.2, 0.25) is 0 Å². The molecular weight excluding hydrogens is 317 g/mol. The Hall–Kier alpha value is -2.21. The molecule has 1 saturated heterocycles. The van der Waals surface area contributed by atoms with Crippen molar-refractivity contribution in [2.24, 2.45) is 5.92 Å². The molecule has 6 heteroatoms. The Balaban J connectivity index is 1.79. The van der Waals surface area contributed by atoms with Crippen LogP contribution >= 0.6 is 11.3 Å². The van der Waals surface area contributed by atoms with E-state index in [1.54, 1.807) is 30.0 Å². The maximum Gasteiger partial charge on any atom is 0.308 e. The molecule has 1 aromatic heterocycles. The fraction of sp³-hybridized carbons (Fsp3) is 0.294. The summed E-state index contributed by atoms with van der Waals surface area (Å²) in [5.74, 6) is -1.80. The molecule has 1 amide bonds. The Bertz CT molecular complexity index is 741. The van der Waals surface area contributed by atoms with Crippen LogP contribution < -0.4 is 0 Å². The number of hydrogen-bond acceptors (Lipinski definition) is 3. The third kappa shape index (κ3) is 2.99. The van der Waals surface area contributed by atoms with E-state index in [1.807, 2.05) is 6.07 Å².